The molecule has 1 heterocycles. The first-order valence-corrected chi connectivity index (χ1v) is 7.62. The fraction of sp³-hybridized carbons (Fsp3) is 0.412. The lowest BCUT2D eigenvalue weighted by molar-refractivity contribution is -0.139. The van der Waals surface area contributed by atoms with Gasteiger partial charge in [0.1, 0.15) is 5.69 Å². The first-order valence-electron chi connectivity index (χ1n) is 7.62. The lowest BCUT2D eigenvalue weighted by Gasteiger charge is -2.06. The number of unbranched alkanes of at least 4 members (excludes halogenated alkanes) is 2. The highest BCUT2D eigenvalue weighted by atomic mass is 16.5. The van der Waals surface area contributed by atoms with E-state index in [2.05, 4.69) is 17.2 Å². The molecule has 5 nitrogen and oxygen atoms in total. The van der Waals surface area contributed by atoms with E-state index in [0.29, 0.717) is 17.8 Å². The first kappa shape index (κ1) is 16.1. The number of ether oxygens (including phenoxy) is 1. The molecule has 0 saturated carbocycles. The van der Waals surface area contributed by atoms with Crippen molar-refractivity contribution in [1.29, 1.82) is 0 Å². The molecule has 0 aliphatic carbocycles. The fourth-order valence-electron chi connectivity index (χ4n) is 2.46. The number of carbonyl (C=O) groups excluding carboxylic acids is 2. The van der Waals surface area contributed by atoms with Gasteiger partial charge in [0.05, 0.1) is 13.5 Å². The Morgan fingerprint density at radius 1 is 1.23 bits per heavy atom. The maximum absolute atomic E-state index is 12.4. The van der Waals surface area contributed by atoms with E-state index < -0.39 is 0 Å². The molecule has 0 saturated heterocycles. The SMILES string of the molecule is CCCCCNC(=O)c1[nH]c2ccccc2c1CC(=O)OC. The highest BCUT2D eigenvalue weighted by Crippen LogP contribution is 2.23. The third-order valence-electron chi connectivity index (χ3n) is 3.66. The van der Waals surface area contributed by atoms with Crippen molar-refractivity contribution in [1.82, 2.24) is 10.3 Å². The summed E-state index contributed by atoms with van der Waals surface area (Å²) in [5.41, 5.74) is 1.98. The highest BCUT2D eigenvalue weighted by molar-refractivity contribution is 6.02. The highest BCUT2D eigenvalue weighted by Gasteiger charge is 2.19. The molecule has 1 amide bonds. The molecule has 1 aromatic heterocycles. The zero-order chi connectivity index (χ0) is 15.9. The normalized spacial score (nSPS) is 10.6. The first-order chi connectivity index (χ1) is 10.7. The molecule has 0 bridgehead atoms. The molecule has 0 aliphatic heterocycles. The molecule has 0 spiro atoms. The lowest BCUT2D eigenvalue weighted by Crippen LogP contribution is -2.26. The van der Waals surface area contributed by atoms with Crippen LogP contribution in [0.4, 0.5) is 0 Å². The molecular formula is C17H22N2O3. The second-order valence-corrected chi connectivity index (χ2v) is 5.24. The Morgan fingerprint density at radius 2 is 2.00 bits per heavy atom. The van der Waals surface area contributed by atoms with Gasteiger partial charge in [-0.25, -0.2) is 0 Å². The van der Waals surface area contributed by atoms with E-state index in [1.165, 1.54) is 7.11 Å². The van der Waals surface area contributed by atoms with Crippen molar-refractivity contribution in [2.24, 2.45) is 0 Å². The summed E-state index contributed by atoms with van der Waals surface area (Å²) >= 11 is 0. The molecule has 2 N–H and O–H groups in total. The summed E-state index contributed by atoms with van der Waals surface area (Å²) in [6.07, 6.45) is 3.23. The Kier molecular flexibility index (Phi) is 5.58. The smallest absolute Gasteiger partial charge is 0.310 e. The number of benzene rings is 1. The van der Waals surface area contributed by atoms with Crippen LogP contribution in [0.3, 0.4) is 0 Å². The maximum atomic E-state index is 12.4. The second kappa shape index (κ2) is 7.64. The van der Waals surface area contributed by atoms with Gasteiger partial charge in [0.15, 0.2) is 0 Å². The van der Waals surface area contributed by atoms with Crippen LogP contribution in [0.1, 0.15) is 42.2 Å². The Morgan fingerprint density at radius 3 is 2.73 bits per heavy atom. The average Bonchev–Trinajstić information content (AvgIpc) is 2.90. The minimum Gasteiger partial charge on any atom is -0.469 e. The summed E-state index contributed by atoms with van der Waals surface area (Å²) in [5.74, 6) is -0.531. The van der Waals surface area contributed by atoms with E-state index in [4.69, 9.17) is 4.74 Å². The molecule has 2 rings (SSSR count). The number of hydrogen-bond donors (Lipinski definition) is 2. The zero-order valence-electron chi connectivity index (χ0n) is 13.1. The number of rotatable bonds is 7. The summed E-state index contributed by atoms with van der Waals surface area (Å²) in [7, 11) is 1.35. The van der Waals surface area contributed by atoms with Gasteiger partial charge < -0.3 is 15.0 Å². The number of nitrogens with one attached hydrogen (secondary N) is 2. The molecule has 22 heavy (non-hydrogen) atoms. The van der Waals surface area contributed by atoms with Crippen molar-refractivity contribution < 1.29 is 14.3 Å². The van der Waals surface area contributed by atoms with Gasteiger partial charge in [-0.3, -0.25) is 9.59 Å². The van der Waals surface area contributed by atoms with Gasteiger partial charge in [-0.2, -0.15) is 0 Å². The number of methoxy groups -OCH3 is 1. The minimum absolute atomic E-state index is 0.0816. The predicted octanol–water partition coefficient (Wildman–Crippen LogP) is 2.80. The van der Waals surface area contributed by atoms with Gasteiger partial charge in [-0.15, -0.1) is 0 Å². The van der Waals surface area contributed by atoms with E-state index in [9.17, 15) is 9.59 Å². The standard InChI is InChI=1S/C17H22N2O3/c1-3-4-7-10-18-17(21)16-13(11-15(20)22-2)12-8-5-6-9-14(12)19-16/h5-6,8-9,19H,3-4,7,10-11H2,1-2H3,(H,18,21). The Labute approximate surface area is 130 Å². The van der Waals surface area contributed by atoms with E-state index >= 15 is 0 Å². The van der Waals surface area contributed by atoms with Crippen LogP contribution >= 0.6 is 0 Å². The van der Waals surface area contributed by atoms with Crippen molar-refractivity contribution in [3.63, 3.8) is 0 Å². The van der Waals surface area contributed by atoms with Gasteiger partial charge in [-0.1, -0.05) is 38.0 Å². The number of esters is 1. The van der Waals surface area contributed by atoms with Crippen molar-refractivity contribution in [2.45, 2.75) is 32.6 Å². The van der Waals surface area contributed by atoms with Crippen molar-refractivity contribution in [2.75, 3.05) is 13.7 Å². The molecular weight excluding hydrogens is 280 g/mol. The van der Waals surface area contributed by atoms with Crippen LogP contribution in [0.2, 0.25) is 0 Å². The fourth-order valence-corrected chi connectivity index (χ4v) is 2.46. The van der Waals surface area contributed by atoms with Gasteiger partial charge in [0.25, 0.3) is 5.91 Å². The predicted molar refractivity (Wildman–Crippen MR) is 85.9 cm³/mol. The molecule has 5 heteroatoms. The van der Waals surface area contributed by atoms with E-state index in [-0.39, 0.29) is 18.3 Å². The van der Waals surface area contributed by atoms with Crippen LogP contribution in [0.5, 0.6) is 0 Å². The molecule has 0 aliphatic rings. The molecule has 0 radical (unpaired) electrons. The number of hydrogen-bond acceptors (Lipinski definition) is 3. The van der Waals surface area contributed by atoms with Crippen molar-refractivity contribution in [3.05, 3.63) is 35.5 Å². The number of para-hydroxylation sites is 1. The van der Waals surface area contributed by atoms with E-state index in [1.54, 1.807) is 0 Å². The molecule has 118 valence electrons. The molecule has 1 aromatic carbocycles. The number of fused-ring (bicyclic) bond motifs is 1. The Hall–Kier alpha value is -2.30. The van der Waals surface area contributed by atoms with E-state index in [0.717, 1.165) is 30.2 Å². The minimum atomic E-state index is -0.357. The molecule has 0 atom stereocenters. The third-order valence-corrected chi connectivity index (χ3v) is 3.66. The van der Waals surface area contributed by atoms with Crippen LogP contribution in [0, 0.1) is 0 Å². The summed E-state index contributed by atoms with van der Waals surface area (Å²) in [5, 5.41) is 3.79. The monoisotopic (exact) mass is 302 g/mol. The van der Waals surface area contributed by atoms with E-state index in [1.807, 2.05) is 24.3 Å². The van der Waals surface area contributed by atoms with Crippen molar-refractivity contribution in [3.8, 4) is 0 Å². The Balaban J connectivity index is 2.25. The summed E-state index contributed by atoms with van der Waals surface area (Å²) < 4.78 is 4.74. The molecule has 0 fully saturated rings. The lowest BCUT2D eigenvalue weighted by atomic mass is 10.1. The maximum Gasteiger partial charge on any atom is 0.310 e. The van der Waals surface area contributed by atoms with Crippen LogP contribution in [-0.4, -0.2) is 30.5 Å². The van der Waals surface area contributed by atoms with Crippen LogP contribution in [0.25, 0.3) is 10.9 Å². The van der Waals surface area contributed by atoms with Gasteiger partial charge >= 0.3 is 5.97 Å². The summed E-state index contributed by atoms with van der Waals surface area (Å²) in [6.45, 7) is 2.76. The summed E-state index contributed by atoms with van der Waals surface area (Å²) in [4.78, 5) is 27.1. The Bertz CT molecular complexity index is 661. The third kappa shape index (κ3) is 3.67. The average molecular weight is 302 g/mol. The number of aromatic amines is 1. The van der Waals surface area contributed by atoms with Crippen LogP contribution in [-0.2, 0) is 16.0 Å². The topological polar surface area (TPSA) is 71.2 Å². The second-order valence-electron chi connectivity index (χ2n) is 5.24. The number of aromatic nitrogens is 1. The van der Waals surface area contributed by atoms with Crippen LogP contribution in [0.15, 0.2) is 24.3 Å². The largest absolute Gasteiger partial charge is 0.469 e. The summed E-state index contributed by atoms with van der Waals surface area (Å²) in [6, 6.07) is 7.57. The van der Waals surface area contributed by atoms with Gasteiger partial charge in [0.2, 0.25) is 0 Å². The molecule has 2 aromatic rings. The quantitative estimate of drug-likeness (QED) is 0.610. The number of H-pyrrole nitrogens is 1. The zero-order valence-corrected chi connectivity index (χ0v) is 13.1. The number of carbonyl (C=O) groups is 2. The van der Waals surface area contributed by atoms with Crippen LogP contribution < -0.4 is 5.32 Å². The number of amides is 1. The van der Waals surface area contributed by atoms with Gasteiger partial charge in [-0.05, 0) is 12.5 Å². The molecule has 0 unspecified atom stereocenters. The van der Waals surface area contributed by atoms with Gasteiger partial charge in [0, 0.05) is 23.0 Å². The van der Waals surface area contributed by atoms with Crippen molar-refractivity contribution >= 4 is 22.8 Å².